The number of hydrogen-bond donors (Lipinski definition) is 1. The van der Waals surface area contributed by atoms with Gasteiger partial charge in [-0.05, 0) is 13.0 Å². The number of nitrogens with two attached hydrogens (primary N) is 1. The summed E-state index contributed by atoms with van der Waals surface area (Å²) in [6.07, 6.45) is 3.44. The van der Waals surface area contributed by atoms with E-state index in [0.29, 0.717) is 12.4 Å². The van der Waals surface area contributed by atoms with Crippen LogP contribution in [-0.4, -0.2) is 32.7 Å². The van der Waals surface area contributed by atoms with Gasteiger partial charge in [0.1, 0.15) is 17.0 Å². The van der Waals surface area contributed by atoms with Gasteiger partial charge in [-0.1, -0.05) is 30.3 Å². The number of thiophene rings is 1. The Kier molecular flexibility index (Phi) is 4.40. The molecule has 1 aromatic carbocycles. The summed E-state index contributed by atoms with van der Waals surface area (Å²) in [6, 6.07) is 12.2. The van der Waals surface area contributed by atoms with Crippen molar-refractivity contribution in [3.05, 3.63) is 49.1 Å². The Morgan fingerprint density at radius 2 is 2.00 bits per heavy atom. The number of aromatic nitrogens is 4. The Bertz CT molecular complexity index is 1040. The van der Waals surface area contributed by atoms with E-state index >= 15 is 0 Å². The largest absolute Gasteiger partial charge is 0.383 e. The second kappa shape index (κ2) is 6.86. The molecule has 26 heavy (non-hydrogen) atoms. The molecule has 0 radical (unpaired) electrons. The summed E-state index contributed by atoms with van der Waals surface area (Å²) < 4.78 is 7.58. The van der Waals surface area contributed by atoms with Crippen LogP contribution in [0.2, 0.25) is 0 Å². The zero-order valence-corrected chi connectivity index (χ0v) is 15.4. The molecule has 7 heteroatoms. The molecule has 1 atom stereocenters. The number of rotatable bonds is 5. The summed E-state index contributed by atoms with van der Waals surface area (Å²) in [6.45, 7) is 2.75. The lowest BCUT2D eigenvalue weighted by atomic mass is 10.1. The molecular weight excluding hydrogens is 346 g/mol. The van der Waals surface area contributed by atoms with E-state index in [1.807, 2.05) is 37.5 Å². The van der Waals surface area contributed by atoms with Crippen LogP contribution in [0.4, 0.5) is 5.82 Å². The van der Waals surface area contributed by atoms with Gasteiger partial charge in [-0.25, -0.2) is 15.0 Å². The van der Waals surface area contributed by atoms with Crippen molar-refractivity contribution in [1.82, 2.24) is 19.5 Å². The van der Waals surface area contributed by atoms with Crippen molar-refractivity contribution >= 4 is 27.4 Å². The molecule has 0 bridgehead atoms. The Morgan fingerprint density at radius 3 is 2.73 bits per heavy atom. The predicted octanol–water partition coefficient (Wildman–Crippen LogP) is 3.84. The number of imidazole rings is 1. The first-order valence-corrected chi connectivity index (χ1v) is 9.12. The number of hydrogen-bond acceptors (Lipinski definition) is 6. The molecule has 4 rings (SSSR count). The van der Waals surface area contributed by atoms with E-state index in [-0.39, 0.29) is 6.10 Å². The predicted molar refractivity (Wildman–Crippen MR) is 105 cm³/mol. The van der Waals surface area contributed by atoms with Gasteiger partial charge in [0.2, 0.25) is 0 Å². The van der Waals surface area contributed by atoms with Crippen LogP contribution in [0.3, 0.4) is 0 Å². The van der Waals surface area contributed by atoms with Crippen molar-refractivity contribution in [1.29, 1.82) is 0 Å². The maximum atomic E-state index is 6.03. The average molecular weight is 365 g/mol. The van der Waals surface area contributed by atoms with Gasteiger partial charge >= 0.3 is 0 Å². The summed E-state index contributed by atoms with van der Waals surface area (Å²) >= 11 is 1.59. The second-order valence-electron chi connectivity index (χ2n) is 6.09. The molecule has 0 spiro atoms. The van der Waals surface area contributed by atoms with Crippen LogP contribution in [0.15, 0.2) is 49.1 Å². The summed E-state index contributed by atoms with van der Waals surface area (Å²) in [5, 5.41) is 0.874. The van der Waals surface area contributed by atoms with Crippen molar-refractivity contribution in [3.63, 3.8) is 0 Å². The van der Waals surface area contributed by atoms with E-state index in [9.17, 15) is 0 Å². The molecule has 0 aliphatic rings. The third-order valence-corrected chi connectivity index (χ3v) is 5.38. The van der Waals surface area contributed by atoms with E-state index in [2.05, 4.69) is 31.7 Å². The van der Waals surface area contributed by atoms with Gasteiger partial charge in [0.05, 0.1) is 40.6 Å². The second-order valence-corrected chi connectivity index (χ2v) is 7.13. The molecule has 6 nitrogen and oxygen atoms in total. The van der Waals surface area contributed by atoms with E-state index in [1.54, 1.807) is 18.4 Å². The van der Waals surface area contributed by atoms with Crippen LogP contribution < -0.4 is 5.73 Å². The monoisotopic (exact) mass is 365 g/mol. The van der Waals surface area contributed by atoms with Crippen molar-refractivity contribution in [2.24, 2.45) is 0 Å². The minimum atomic E-state index is 0.0748. The maximum absolute atomic E-state index is 6.03. The van der Waals surface area contributed by atoms with Crippen LogP contribution in [0.1, 0.15) is 6.92 Å². The normalized spacial score (nSPS) is 12.5. The minimum absolute atomic E-state index is 0.0748. The van der Waals surface area contributed by atoms with E-state index in [1.165, 1.54) is 6.33 Å². The molecule has 2 N–H and O–H groups in total. The lowest BCUT2D eigenvalue weighted by molar-refractivity contribution is 0.103. The van der Waals surface area contributed by atoms with Crippen LogP contribution >= 0.6 is 11.3 Å². The first-order valence-electron chi connectivity index (χ1n) is 8.31. The number of nitrogens with zero attached hydrogens (tertiary/aromatic N) is 4. The third-order valence-electron chi connectivity index (χ3n) is 4.33. The lowest BCUT2D eigenvalue weighted by Gasteiger charge is -2.13. The number of nitrogen functional groups attached to an aromatic ring is 1. The molecule has 0 amide bonds. The molecular formula is C19H19N5OS. The molecule has 0 aliphatic carbocycles. The number of anilines is 1. The Hall–Kier alpha value is -2.77. The molecule has 0 fully saturated rings. The third kappa shape index (κ3) is 2.95. The highest BCUT2D eigenvalue weighted by Crippen LogP contribution is 2.39. The van der Waals surface area contributed by atoms with E-state index in [0.717, 1.165) is 32.0 Å². The standard InChI is InChI=1S/C19H19N5OS/c1-12(25-2)9-24-11-23-16(13-6-4-3-5-7-13)17(24)15-8-14-18(20)21-10-22-19(14)26-15/h3-8,10-12H,9H2,1-2H3,(H2,20,21,22). The van der Waals surface area contributed by atoms with E-state index < -0.39 is 0 Å². The van der Waals surface area contributed by atoms with Crippen LogP contribution in [-0.2, 0) is 11.3 Å². The van der Waals surface area contributed by atoms with Crippen molar-refractivity contribution in [2.45, 2.75) is 19.6 Å². The first-order chi connectivity index (χ1) is 12.7. The molecule has 3 heterocycles. The Morgan fingerprint density at radius 1 is 1.19 bits per heavy atom. The van der Waals surface area contributed by atoms with Gasteiger partial charge in [-0.2, -0.15) is 0 Å². The quantitative estimate of drug-likeness (QED) is 0.581. The highest BCUT2D eigenvalue weighted by atomic mass is 32.1. The van der Waals surface area contributed by atoms with Gasteiger partial charge in [-0.3, -0.25) is 0 Å². The number of benzene rings is 1. The molecule has 0 saturated heterocycles. The van der Waals surface area contributed by atoms with Crippen molar-refractivity contribution in [3.8, 4) is 21.8 Å². The smallest absolute Gasteiger partial charge is 0.135 e. The first kappa shape index (κ1) is 16.7. The molecule has 1 unspecified atom stereocenters. The van der Waals surface area contributed by atoms with Crippen molar-refractivity contribution in [2.75, 3.05) is 12.8 Å². The summed E-state index contributed by atoms with van der Waals surface area (Å²) in [7, 11) is 1.72. The number of fused-ring (bicyclic) bond motifs is 1. The zero-order chi connectivity index (χ0) is 18.1. The maximum Gasteiger partial charge on any atom is 0.135 e. The van der Waals surface area contributed by atoms with Gasteiger partial charge < -0.3 is 15.0 Å². The van der Waals surface area contributed by atoms with E-state index in [4.69, 9.17) is 10.5 Å². The lowest BCUT2D eigenvalue weighted by Crippen LogP contribution is -2.14. The fourth-order valence-electron chi connectivity index (χ4n) is 2.93. The molecule has 3 aromatic heterocycles. The summed E-state index contributed by atoms with van der Waals surface area (Å²) in [5.41, 5.74) is 9.08. The summed E-state index contributed by atoms with van der Waals surface area (Å²) in [4.78, 5) is 15.1. The molecule has 4 aromatic rings. The SMILES string of the molecule is COC(C)Cn1cnc(-c2ccccc2)c1-c1cc2c(N)ncnc2s1. The fourth-order valence-corrected chi connectivity index (χ4v) is 4.00. The fraction of sp³-hybridized carbons (Fsp3) is 0.211. The molecule has 0 saturated carbocycles. The van der Waals surface area contributed by atoms with Crippen molar-refractivity contribution < 1.29 is 4.74 Å². The van der Waals surface area contributed by atoms with Crippen LogP contribution in [0.25, 0.3) is 32.0 Å². The van der Waals surface area contributed by atoms with Crippen LogP contribution in [0, 0.1) is 0 Å². The number of ether oxygens (including phenoxy) is 1. The molecule has 132 valence electrons. The van der Waals surface area contributed by atoms with Gasteiger partial charge in [0.25, 0.3) is 0 Å². The molecule has 0 aliphatic heterocycles. The number of methoxy groups -OCH3 is 1. The topological polar surface area (TPSA) is 78.9 Å². The average Bonchev–Trinajstić information content (AvgIpc) is 3.27. The highest BCUT2D eigenvalue weighted by molar-refractivity contribution is 7.21. The van der Waals surface area contributed by atoms with Crippen LogP contribution in [0.5, 0.6) is 0 Å². The van der Waals surface area contributed by atoms with Gasteiger partial charge in [-0.15, -0.1) is 11.3 Å². The summed E-state index contributed by atoms with van der Waals surface area (Å²) in [5.74, 6) is 0.495. The van der Waals surface area contributed by atoms with Gasteiger partial charge in [0.15, 0.2) is 0 Å². The Labute approximate surface area is 155 Å². The Balaban J connectivity index is 1.91. The minimum Gasteiger partial charge on any atom is -0.383 e. The van der Waals surface area contributed by atoms with Gasteiger partial charge in [0, 0.05) is 12.7 Å². The highest BCUT2D eigenvalue weighted by Gasteiger charge is 2.19. The zero-order valence-electron chi connectivity index (χ0n) is 14.6.